The summed E-state index contributed by atoms with van der Waals surface area (Å²) < 4.78 is 17.4. The Hall–Kier alpha value is -1.59. The first-order valence-corrected chi connectivity index (χ1v) is 11.2. The van der Waals surface area contributed by atoms with E-state index in [4.69, 9.17) is 14.2 Å². The van der Waals surface area contributed by atoms with Gasteiger partial charge in [-0.2, -0.15) is 0 Å². The van der Waals surface area contributed by atoms with Gasteiger partial charge in [-0.3, -0.25) is 9.69 Å². The molecule has 2 fully saturated rings. The van der Waals surface area contributed by atoms with E-state index in [1.165, 1.54) is 32.1 Å². The molecule has 5 heteroatoms. The van der Waals surface area contributed by atoms with Crippen molar-refractivity contribution < 1.29 is 19.0 Å². The molecule has 1 aromatic rings. The molecule has 1 aliphatic carbocycles. The Labute approximate surface area is 175 Å². The molecular weight excluding hydrogens is 366 g/mol. The van der Waals surface area contributed by atoms with Crippen molar-refractivity contribution in [3.8, 4) is 5.75 Å². The molecule has 162 valence electrons. The number of carbonyl (C=O) groups is 1. The van der Waals surface area contributed by atoms with E-state index in [1.54, 1.807) is 0 Å². The molecule has 0 bridgehead atoms. The lowest BCUT2D eigenvalue weighted by atomic mass is 9.90. The van der Waals surface area contributed by atoms with Gasteiger partial charge in [0.2, 0.25) is 0 Å². The highest BCUT2D eigenvalue weighted by Crippen LogP contribution is 2.27. The summed E-state index contributed by atoms with van der Waals surface area (Å²) in [6.45, 7) is 9.57. The molecule has 0 radical (unpaired) electrons. The van der Waals surface area contributed by atoms with Crippen LogP contribution in [0.3, 0.4) is 0 Å². The van der Waals surface area contributed by atoms with Crippen LogP contribution in [0.15, 0.2) is 24.3 Å². The van der Waals surface area contributed by atoms with Gasteiger partial charge in [0.25, 0.3) is 0 Å². The molecule has 2 aliphatic rings. The predicted molar refractivity (Wildman–Crippen MR) is 114 cm³/mol. The Morgan fingerprint density at radius 1 is 1.14 bits per heavy atom. The van der Waals surface area contributed by atoms with Crippen molar-refractivity contribution in [3.63, 3.8) is 0 Å². The number of rotatable bonds is 7. The van der Waals surface area contributed by atoms with Crippen LogP contribution in [0.25, 0.3) is 0 Å². The number of ether oxygens (including phenoxy) is 3. The van der Waals surface area contributed by atoms with Crippen LogP contribution in [0, 0.1) is 5.92 Å². The normalized spacial score (nSPS) is 21.7. The summed E-state index contributed by atoms with van der Waals surface area (Å²) in [5.74, 6) is 1.51. The Balaban J connectivity index is 1.44. The second-order valence-electron chi connectivity index (χ2n) is 9.38. The van der Waals surface area contributed by atoms with Gasteiger partial charge in [-0.25, -0.2) is 0 Å². The monoisotopic (exact) mass is 403 g/mol. The molecule has 3 rings (SSSR count). The summed E-state index contributed by atoms with van der Waals surface area (Å²) in [5, 5.41) is 0. The third kappa shape index (κ3) is 7.63. The summed E-state index contributed by atoms with van der Waals surface area (Å²) >= 11 is 0. The lowest BCUT2D eigenvalue weighted by Crippen LogP contribution is -2.39. The highest BCUT2D eigenvalue weighted by atomic mass is 16.6. The third-order valence-corrected chi connectivity index (χ3v) is 5.67. The molecule has 1 atom stereocenters. The first-order chi connectivity index (χ1) is 13.9. The smallest absolute Gasteiger partial charge is 0.307 e. The number of nitrogens with zero attached hydrogens (tertiary/aromatic N) is 1. The zero-order valence-corrected chi connectivity index (χ0v) is 18.3. The maximum Gasteiger partial charge on any atom is 0.307 e. The minimum Gasteiger partial charge on any atom is -0.493 e. The van der Waals surface area contributed by atoms with Crippen LogP contribution in [0.4, 0.5) is 0 Å². The van der Waals surface area contributed by atoms with Crippen molar-refractivity contribution in [2.45, 2.75) is 71.0 Å². The van der Waals surface area contributed by atoms with Gasteiger partial charge in [0.05, 0.1) is 25.7 Å². The van der Waals surface area contributed by atoms with Crippen LogP contribution in [0.1, 0.15) is 71.0 Å². The van der Waals surface area contributed by atoms with Gasteiger partial charge in [0.1, 0.15) is 11.4 Å². The summed E-state index contributed by atoms with van der Waals surface area (Å²) in [7, 11) is 0. The van der Waals surface area contributed by atoms with Gasteiger partial charge in [-0.15, -0.1) is 0 Å². The fourth-order valence-corrected chi connectivity index (χ4v) is 4.10. The summed E-state index contributed by atoms with van der Waals surface area (Å²) in [4.78, 5) is 14.3. The van der Waals surface area contributed by atoms with Crippen LogP contribution in [-0.4, -0.2) is 49.3 Å². The number of esters is 1. The number of benzene rings is 1. The molecule has 0 amide bonds. The van der Waals surface area contributed by atoms with Crippen LogP contribution in [0.2, 0.25) is 0 Å². The lowest BCUT2D eigenvalue weighted by Gasteiger charge is -2.33. The van der Waals surface area contributed by atoms with Crippen molar-refractivity contribution in [1.29, 1.82) is 0 Å². The van der Waals surface area contributed by atoms with Crippen LogP contribution in [0.5, 0.6) is 5.75 Å². The first kappa shape index (κ1) is 22.1. The highest BCUT2D eigenvalue weighted by molar-refractivity contribution is 5.70. The number of hydrogen-bond acceptors (Lipinski definition) is 5. The molecule has 1 saturated carbocycles. The number of hydrogen-bond donors (Lipinski definition) is 0. The summed E-state index contributed by atoms with van der Waals surface area (Å²) in [5.41, 5.74) is 0.739. The minimum atomic E-state index is -0.425. The molecule has 1 saturated heterocycles. The third-order valence-electron chi connectivity index (χ3n) is 5.67. The standard InChI is InChI=1S/C24H37NO4/c1-24(2,3)29-23(26)13-14-25-15-16-27-22(17-25)20-9-11-21(12-10-20)28-18-19-7-5-4-6-8-19/h9-12,19,22H,4-8,13-18H2,1-3H3. The fraction of sp³-hybridized carbons (Fsp3) is 0.708. The van der Waals surface area contributed by atoms with Gasteiger partial charge in [-0.1, -0.05) is 31.4 Å². The van der Waals surface area contributed by atoms with Crippen molar-refractivity contribution >= 4 is 5.97 Å². The predicted octanol–water partition coefficient (Wildman–Crippen LogP) is 4.75. The zero-order valence-electron chi connectivity index (χ0n) is 18.3. The van der Waals surface area contributed by atoms with Crippen molar-refractivity contribution in [2.24, 2.45) is 5.92 Å². The quantitative estimate of drug-likeness (QED) is 0.615. The lowest BCUT2D eigenvalue weighted by molar-refractivity contribution is -0.155. The average Bonchev–Trinajstić information content (AvgIpc) is 2.71. The van der Waals surface area contributed by atoms with Crippen molar-refractivity contribution in [1.82, 2.24) is 4.90 Å². The van der Waals surface area contributed by atoms with Gasteiger partial charge in [-0.05, 0) is 57.2 Å². The minimum absolute atomic E-state index is 0.0368. The summed E-state index contributed by atoms with van der Waals surface area (Å²) in [6, 6.07) is 8.33. The van der Waals surface area contributed by atoms with Crippen LogP contribution >= 0.6 is 0 Å². The number of carbonyl (C=O) groups excluding carboxylic acids is 1. The second-order valence-corrected chi connectivity index (χ2v) is 9.38. The second kappa shape index (κ2) is 10.4. The SMILES string of the molecule is CC(C)(C)OC(=O)CCN1CCOC(c2ccc(OCC3CCCCC3)cc2)C1. The fourth-order valence-electron chi connectivity index (χ4n) is 4.10. The van der Waals surface area contributed by atoms with Gasteiger partial charge < -0.3 is 14.2 Å². The van der Waals surface area contributed by atoms with Crippen LogP contribution in [-0.2, 0) is 14.3 Å². The first-order valence-electron chi connectivity index (χ1n) is 11.2. The Morgan fingerprint density at radius 2 is 1.86 bits per heavy atom. The summed E-state index contributed by atoms with van der Waals surface area (Å²) in [6.07, 6.45) is 7.11. The molecule has 1 unspecified atom stereocenters. The molecule has 5 nitrogen and oxygen atoms in total. The van der Waals surface area contributed by atoms with E-state index in [0.717, 1.165) is 31.0 Å². The maximum atomic E-state index is 12.0. The van der Waals surface area contributed by atoms with Crippen molar-refractivity contribution in [2.75, 3.05) is 32.8 Å². The number of morpholine rings is 1. The Kier molecular flexibility index (Phi) is 7.96. The van der Waals surface area contributed by atoms with E-state index in [0.29, 0.717) is 25.5 Å². The van der Waals surface area contributed by atoms with Crippen LogP contribution < -0.4 is 4.74 Å². The Bertz CT molecular complexity index is 631. The maximum absolute atomic E-state index is 12.0. The van der Waals surface area contributed by atoms with E-state index >= 15 is 0 Å². The van der Waals surface area contributed by atoms with Crippen molar-refractivity contribution in [3.05, 3.63) is 29.8 Å². The highest BCUT2D eigenvalue weighted by Gasteiger charge is 2.24. The molecule has 0 aromatic heterocycles. The van der Waals surface area contributed by atoms with Gasteiger partial charge in [0.15, 0.2) is 0 Å². The van der Waals surface area contributed by atoms with E-state index in [-0.39, 0.29) is 12.1 Å². The molecule has 29 heavy (non-hydrogen) atoms. The van der Waals surface area contributed by atoms with E-state index in [2.05, 4.69) is 29.2 Å². The van der Waals surface area contributed by atoms with E-state index < -0.39 is 5.60 Å². The molecule has 1 aliphatic heterocycles. The van der Waals surface area contributed by atoms with E-state index in [9.17, 15) is 4.79 Å². The van der Waals surface area contributed by atoms with E-state index in [1.807, 2.05) is 20.8 Å². The average molecular weight is 404 g/mol. The van der Waals surface area contributed by atoms with Gasteiger partial charge in [0, 0.05) is 19.6 Å². The molecule has 1 aromatic carbocycles. The molecule has 1 heterocycles. The van der Waals surface area contributed by atoms with Gasteiger partial charge >= 0.3 is 5.97 Å². The molecule has 0 N–H and O–H groups in total. The topological polar surface area (TPSA) is 48.0 Å². The largest absolute Gasteiger partial charge is 0.493 e. The zero-order chi connectivity index (χ0) is 20.7. The Morgan fingerprint density at radius 3 is 2.55 bits per heavy atom. The molecular formula is C24H37NO4. The molecule has 0 spiro atoms.